The number of furan rings is 1. The fourth-order valence-electron chi connectivity index (χ4n) is 8.09. The highest BCUT2D eigenvalue weighted by Crippen LogP contribution is 2.78. The van der Waals surface area contributed by atoms with Crippen LogP contribution in [0.5, 0.6) is 0 Å². The van der Waals surface area contributed by atoms with Crippen LogP contribution in [0.25, 0.3) is 0 Å². The van der Waals surface area contributed by atoms with Crippen molar-refractivity contribution in [1.29, 1.82) is 0 Å². The normalized spacial score (nSPS) is 47.7. The molecular weight excluding hydrogens is 412 g/mol. The third-order valence-corrected chi connectivity index (χ3v) is 9.79. The largest absolute Gasteiger partial charge is 0.472 e. The van der Waals surface area contributed by atoms with Crippen LogP contribution in [0.1, 0.15) is 72.5 Å². The lowest BCUT2D eigenvalue weighted by atomic mass is 9.37. The summed E-state index contributed by atoms with van der Waals surface area (Å²) in [7, 11) is 0. The zero-order valence-corrected chi connectivity index (χ0v) is 19.6. The van der Waals surface area contributed by atoms with Crippen molar-refractivity contribution in [3.05, 3.63) is 24.2 Å². The number of hydrogen-bond donors (Lipinski definition) is 1. The van der Waals surface area contributed by atoms with E-state index in [9.17, 15) is 19.5 Å². The molecule has 4 fully saturated rings. The first-order valence-electron chi connectivity index (χ1n) is 11.4. The number of fused-ring (bicyclic) bond motifs is 1. The number of ketones is 2. The summed E-state index contributed by atoms with van der Waals surface area (Å²) in [4.78, 5) is 40.1. The number of rotatable bonds is 3. The maximum absolute atomic E-state index is 14.0. The Kier molecular flexibility index (Phi) is 4.17. The third-order valence-electron chi connectivity index (χ3n) is 9.79. The number of aliphatic hydroxyl groups is 1. The van der Waals surface area contributed by atoms with Crippen LogP contribution < -0.4 is 0 Å². The van der Waals surface area contributed by atoms with Crippen LogP contribution in [-0.2, 0) is 23.9 Å². The molecule has 1 aromatic heterocycles. The van der Waals surface area contributed by atoms with Gasteiger partial charge in [-0.15, -0.1) is 0 Å². The molecule has 7 nitrogen and oxygen atoms in total. The number of esters is 1. The summed E-state index contributed by atoms with van der Waals surface area (Å²) in [6.07, 6.45) is 2.94. The van der Waals surface area contributed by atoms with E-state index in [1.807, 2.05) is 20.8 Å². The topological polar surface area (TPSA) is 106 Å². The second-order valence-electron chi connectivity index (χ2n) is 11.5. The lowest BCUT2D eigenvalue weighted by Gasteiger charge is -2.64. The van der Waals surface area contributed by atoms with E-state index in [1.54, 1.807) is 39.4 Å². The first-order valence-corrected chi connectivity index (χ1v) is 11.4. The molecule has 7 heteroatoms. The molecule has 0 unspecified atom stereocenters. The number of cyclic esters (lactones) is 1. The number of carbonyl (C=O) groups is 3. The van der Waals surface area contributed by atoms with E-state index in [-0.39, 0.29) is 23.9 Å². The minimum atomic E-state index is -1.20. The Morgan fingerprint density at radius 1 is 1.19 bits per heavy atom. The summed E-state index contributed by atoms with van der Waals surface area (Å²) >= 11 is 0. The summed E-state index contributed by atoms with van der Waals surface area (Å²) in [5.41, 5.74) is -4.17. The highest BCUT2D eigenvalue weighted by atomic mass is 16.7. The smallest absolute Gasteiger partial charge is 0.339 e. The van der Waals surface area contributed by atoms with Crippen molar-refractivity contribution in [3.8, 4) is 0 Å². The molecule has 174 valence electrons. The Bertz CT molecular complexity index is 1010. The molecule has 0 aromatic carbocycles. The molecule has 0 bridgehead atoms. The van der Waals surface area contributed by atoms with Crippen molar-refractivity contribution in [1.82, 2.24) is 0 Å². The van der Waals surface area contributed by atoms with Crippen LogP contribution in [0.4, 0.5) is 0 Å². The van der Waals surface area contributed by atoms with Gasteiger partial charge in [-0.25, -0.2) is 4.79 Å². The van der Waals surface area contributed by atoms with E-state index in [0.717, 1.165) is 5.56 Å². The van der Waals surface area contributed by atoms with Gasteiger partial charge in [0.1, 0.15) is 23.3 Å². The fourth-order valence-corrected chi connectivity index (χ4v) is 8.09. The molecule has 1 spiro atoms. The summed E-state index contributed by atoms with van der Waals surface area (Å²) in [5.74, 6) is -1.45. The first kappa shape index (κ1) is 21.8. The Morgan fingerprint density at radius 2 is 1.88 bits per heavy atom. The van der Waals surface area contributed by atoms with Crippen LogP contribution in [0, 0.1) is 28.1 Å². The minimum Gasteiger partial charge on any atom is -0.472 e. The lowest BCUT2D eigenvalue weighted by Crippen LogP contribution is -2.72. The standard InChI is InChI=1S/C25H32O7/c1-13(26)23(5)15-7-9-22(4)18(14-8-10-30-12-14)31-20(28)19-25(22,32-19)24(15,6)17(27)11-16(23)21(2,3)29/h8,10,12,15-16,18-19,29H,7,9,11H2,1-6H3/t15-,16+,18+,19-,22+,23-,24+,25-/m1/s1. The molecule has 2 aliphatic carbocycles. The molecule has 2 aliphatic heterocycles. The van der Waals surface area contributed by atoms with Crippen molar-refractivity contribution < 1.29 is 33.4 Å². The quantitative estimate of drug-likeness (QED) is 0.562. The summed E-state index contributed by atoms with van der Waals surface area (Å²) in [5, 5.41) is 11.0. The van der Waals surface area contributed by atoms with Gasteiger partial charge >= 0.3 is 5.97 Å². The minimum absolute atomic E-state index is 0.0460. The van der Waals surface area contributed by atoms with E-state index < -0.39 is 51.5 Å². The molecule has 2 saturated carbocycles. The molecule has 3 heterocycles. The average Bonchev–Trinajstić information content (AvgIpc) is 3.26. The van der Waals surface area contributed by atoms with Crippen molar-refractivity contribution in [2.45, 2.75) is 84.2 Å². The fraction of sp³-hybridized carbons (Fsp3) is 0.720. The zero-order chi connectivity index (χ0) is 23.5. The number of carbonyl (C=O) groups excluding carboxylic acids is 3. The number of ether oxygens (including phenoxy) is 2. The van der Waals surface area contributed by atoms with E-state index in [4.69, 9.17) is 13.9 Å². The maximum Gasteiger partial charge on any atom is 0.339 e. The molecular formula is C25H32O7. The number of epoxide rings is 1. The second kappa shape index (κ2) is 6.11. The molecule has 4 aliphatic rings. The number of Topliss-reactive ketones (excluding diaryl/α,β-unsaturated/α-hetero) is 2. The van der Waals surface area contributed by atoms with Gasteiger partial charge in [0.05, 0.1) is 23.5 Å². The first-order chi connectivity index (χ1) is 14.8. The van der Waals surface area contributed by atoms with Crippen LogP contribution in [0.2, 0.25) is 0 Å². The van der Waals surface area contributed by atoms with Crippen molar-refractivity contribution in [3.63, 3.8) is 0 Å². The highest BCUT2D eigenvalue weighted by Gasteiger charge is 2.88. The Balaban J connectivity index is 1.70. The molecule has 1 aromatic rings. The summed E-state index contributed by atoms with van der Waals surface area (Å²) < 4.78 is 17.4. The van der Waals surface area contributed by atoms with Crippen LogP contribution in [0.15, 0.2) is 23.0 Å². The molecule has 0 amide bonds. The van der Waals surface area contributed by atoms with Crippen LogP contribution in [-0.4, -0.2) is 39.9 Å². The Labute approximate surface area is 187 Å². The maximum atomic E-state index is 14.0. The monoisotopic (exact) mass is 444 g/mol. The van der Waals surface area contributed by atoms with E-state index in [1.165, 1.54) is 0 Å². The van der Waals surface area contributed by atoms with Gasteiger partial charge in [0.25, 0.3) is 0 Å². The molecule has 5 rings (SSSR count). The van der Waals surface area contributed by atoms with Gasteiger partial charge in [-0.2, -0.15) is 0 Å². The van der Waals surface area contributed by atoms with Gasteiger partial charge in [0.15, 0.2) is 6.10 Å². The summed E-state index contributed by atoms with van der Waals surface area (Å²) in [6.45, 7) is 10.7. The van der Waals surface area contributed by atoms with Gasteiger partial charge in [0.2, 0.25) is 0 Å². The lowest BCUT2D eigenvalue weighted by molar-refractivity contribution is -0.218. The van der Waals surface area contributed by atoms with E-state index >= 15 is 0 Å². The highest BCUT2D eigenvalue weighted by molar-refractivity contribution is 5.96. The van der Waals surface area contributed by atoms with Gasteiger partial charge in [-0.3, -0.25) is 9.59 Å². The van der Waals surface area contributed by atoms with E-state index in [2.05, 4.69) is 0 Å². The predicted octanol–water partition coefficient (Wildman–Crippen LogP) is 3.39. The van der Waals surface area contributed by atoms with Gasteiger partial charge in [-0.1, -0.05) is 13.8 Å². The van der Waals surface area contributed by atoms with Crippen molar-refractivity contribution >= 4 is 17.5 Å². The Morgan fingerprint density at radius 3 is 2.44 bits per heavy atom. The van der Waals surface area contributed by atoms with Gasteiger partial charge < -0.3 is 19.0 Å². The Hall–Kier alpha value is -1.99. The average molecular weight is 445 g/mol. The van der Waals surface area contributed by atoms with E-state index in [0.29, 0.717) is 12.8 Å². The molecule has 2 saturated heterocycles. The van der Waals surface area contributed by atoms with Gasteiger partial charge in [0, 0.05) is 28.7 Å². The summed E-state index contributed by atoms with van der Waals surface area (Å²) in [6, 6.07) is 1.78. The molecule has 8 atom stereocenters. The van der Waals surface area contributed by atoms with Gasteiger partial charge in [-0.05, 0) is 52.5 Å². The van der Waals surface area contributed by atoms with Crippen molar-refractivity contribution in [2.24, 2.45) is 28.1 Å². The molecule has 32 heavy (non-hydrogen) atoms. The molecule has 1 N–H and O–H groups in total. The zero-order valence-electron chi connectivity index (χ0n) is 19.6. The van der Waals surface area contributed by atoms with Crippen molar-refractivity contribution in [2.75, 3.05) is 0 Å². The third kappa shape index (κ3) is 2.22. The van der Waals surface area contributed by atoms with Crippen LogP contribution in [0.3, 0.4) is 0 Å². The SMILES string of the molecule is CC(=O)[C@]1(C)[C@H]2CC[C@@]3(C)[C@H](c4ccoc4)OC(=O)[C@H]4O[C@]43[C@]2(C)C(=O)C[C@H]1C(C)(C)O. The predicted molar refractivity (Wildman–Crippen MR) is 112 cm³/mol. The second-order valence-corrected chi connectivity index (χ2v) is 11.5. The number of hydrogen-bond acceptors (Lipinski definition) is 7. The van der Waals surface area contributed by atoms with Crippen LogP contribution >= 0.6 is 0 Å². The molecule has 0 radical (unpaired) electrons.